The van der Waals surface area contributed by atoms with Gasteiger partial charge >= 0.3 is 0 Å². The molecule has 5 rings (SSSR count). The number of aryl methyl sites for hydroxylation is 1. The van der Waals surface area contributed by atoms with Crippen LogP contribution in [0.2, 0.25) is 0 Å². The molecule has 0 saturated heterocycles. The van der Waals surface area contributed by atoms with E-state index in [9.17, 15) is 13.2 Å². The molecule has 0 aliphatic heterocycles. The fraction of sp³-hybridized carbons (Fsp3) is 0.391. The Morgan fingerprint density at radius 3 is 2.61 bits per heavy atom. The van der Waals surface area contributed by atoms with E-state index >= 15 is 0 Å². The fourth-order valence-corrected chi connectivity index (χ4v) is 7.30. The predicted octanol–water partition coefficient (Wildman–Crippen LogP) is 4.18. The lowest BCUT2D eigenvalue weighted by molar-refractivity contribution is -0.109. The first kappa shape index (κ1) is 22.1. The maximum Gasteiger partial charge on any atom is 0.269 e. The SMILES string of the molecule is CCC1CC(SC(C)=O)CC1c1nnc2cnc3c(ccn3S(=O)(=O)c3ccc(C)cc3)n12. The molecule has 4 aromatic rings. The Balaban J connectivity index is 1.62. The first-order valence-electron chi connectivity index (χ1n) is 11.0. The Hall–Kier alpha value is -2.72. The summed E-state index contributed by atoms with van der Waals surface area (Å²) in [7, 11) is -3.80. The highest BCUT2D eigenvalue weighted by Crippen LogP contribution is 2.46. The number of nitrogens with zero attached hydrogens (tertiary/aromatic N) is 5. The molecular weight excluding hydrogens is 458 g/mol. The summed E-state index contributed by atoms with van der Waals surface area (Å²) < 4.78 is 29.8. The minimum absolute atomic E-state index is 0.131. The van der Waals surface area contributed by atoms with Crippen LogP contribution in [0.15, 0.2) is 47.6 Å². The van der Waals surface area contributed by atoms with Gasteiger partial charge in [0.1, 0.15) is 5.82 Å². The van der Waals surface area contributed by atoms with Gasteiger partial charge in [-0.25, -0.2) is 17.4 Å². The van der Waals surface area contributed by atoms with Crippen LogP contribution >= 0.6 is 11.8 Å². The lowest BCUT2D eigenvalue weighted by atomic mass is 9.93. The first-order valence-corrected chi connectivity index (χ1v) is 13.3. The number of carbonyl (C=O) groups is 1. The van der Waals surface area contributed by atoms with Gasteiger partial charge in [-0.05, 0) is 43.9 Å². The largest absolute Gasteiger partial charge is 0.288 e. The molecule has 8 nitrogen and oxygen atoms in total. The van der Waals surface area contributed by atoms with Gasteiger partial charge in [0.05, 0.1) is 16.6 Å². The molecule has 0 amide bonds. The molecule has 0 radical (unpaired) electrons. The molecule has 3 unspecified atom stereocenters. The highest BCUT2D eigenvalue weighted by atomic mass is 32.2. The number of hydrogen-bond acceptors (Lipinski definition) is 7. The maximum atomic E-state index is 13.3. The summed E-state index contributed by atoms with van der Waals surface area (Å²) in [6, 6.07) is 8.53. The zero-order valence-electron chi connectivity index (χ0n) is 18.7. The van der Waals surface area contributed by atoms with Crippen LogP contribution in [0.5, 0.6) is 0 Å². The smallest absolute Gasteiger partial charge is 0.269 e. The molecule has 1 fully saturated rings. The molecule has 0 spiro atoms. The van der Waals surface area contributed by atoms with Gasteiger partial charge in [-0.1, -0.05) is 42.8 Å². The van der Waals surface area contributed by atoms with E-state index in [-0.39, 0.29) is 21.2 Å². The molecule has 0 N–H and O–H groups in total. The third-order valence-electron chi connectivity index (χ3n) is 6.48. The number of thioether (sulfide) groups is 1. The summed E-state index contributed by atoms with van der Waals surface area (Å²) in [6.45, 7) is 5.68. The van der Waals surface area contributed by atoms with Gasteiger partial charge in [0.2, 0.25) is 0 Å². The Kier molecular flexibility index (Phi) is 5.52. The third kappa shape index (κ3) is 3.74. The summed E-state index contributed by atoms with van der Waals surface area (Å²) in [5, 5.41) is 9.21. The average Bonchev–Trinajstić information content (AvgIpc) is 3.49. The van der Waals surface area contributed by atoms with Gasteiger partial charge in [0, 0.05) is 24.3 Å². The number of aromatic nitrogens is 5. The van der Waals surface area contributed by atoms with Crippen molar-refractivity contribution >= 4 is 43.7 Å². The molecule has 10 heteroatoms. The van der Waals surface area contributed by atoms with Crippen molar-refractivity contribution in [3.63, 3.8) is 0 Å². The van der Waals surface area contributed by atoms with Crippen LogP contribution in [0.4, 0.5) is 0 Å². The minimum Gasteiger partial charge on any atom is -0.288 e. The van der Waals surface area contributed by atoms with Gasteiger partial charge in [-0.15, -0.1) is 10.2 Å². The summed E-state index contributed by atoms with van der Waals surface area (Å²) in [5.41, 5.74) is 2.56. The van der Waals surface area contributed by atoms with Gasteiger partial charge in [-0.3, -0.25) is 9.20 Å². The van der Waals surface area contributed by atoms with Crippen LogP contribution in [-0.2, 0) is 14.8 Å². The molecule has 0 bridgehead atoms. The van der Waals surface area contributed by atoms with E-state index in [0.717, 1.165) is 30.7 Å². The lowest BCUT2D eigenvalue weighted by Crippen LogP contribution is -2.13. The van der Waals surface area contributed by atoms with E-state index in [4.69, 9.17) is 0 Å². The zero-order valence-corrected chi connectivity index (χ0v) is 20.3. The first-order chi connectivity index (χ1) is 15.8. The highest BCUT2D eigenvalue weighted by Gasteiger charge is 2.38. The number of carbonyl (C=O) groups excluding carboxylic acids is 1. The molecule has 3 atom stereocenters. The average molecular weight is 484 g/mol. The van der Waals surface area contributed by atoms with Crippen molar-refractivity contribution < 1.29 is 13.2 Å². The number of hydrogen-bond donors (Lipinski definition) is 0. The van der Waals surface area contributed by atoms with Crippen molar-refractivity contribution in [2.24, 2.45) is 5.92 Å². The van der Waals surface area contributed by atoms with E-state index in [2.05, 4.69) is 22.1 Å². The van der Waals surface area contributed by atoms with Crippen molar-refractivity contribution in [1.29, 1.82) is 0 Å². The van der Waals surface area contributed by atoms with Crippen LogP contribution in [0.25, 0.3) is 16.8 Å². The number of benzene rings is 1. The van der Waals surface area contributed by atoms with E-state index in [0.29, 0.717) is 22.7 Å². The second-order valence-corrected chi connectivity index (χ2v) is 11.9. The Morgan fingerprint density at radius 2 is 1.91 bits per heavy atom. The Morgan fingerprint density at radius 1 is 1.15 bits per heavy atom. The van der Waals surface area contributed by atoms with Gasteiger partial charge in [-0.2, -0.15) is 0 Å². The van der Waals surface area contributed by atoms with Crippen molar-refractivity contribution in [2.75, 3.05) is 0 Å². The number of rotatable bonds is 5. The Labute approximate surface area is 196 Å². The molecule has 3 aromatic heterocycles. The van der Waals surface area contributed by atoms with Crippen LogP contribution in [0, 0.1) is 12.8 Å². The van der Waals surface area contributed by atoms with Crippen LogP contribution in [-0.4, -0.2) is 42.3 Å². The summed E-state index contributed by atoms with van der Waals surface area (Å²) in [5.74, 6) is 1.33. The minimum atomic E-state index is -3.80. The quantitative estimate of drug-likeness (QED) is 0.420. The zero-order chi connectivity index (χ0) is 23.3. The van der Waals surface area contributed by atoms with Crippen LogP contribution in [0.3, 0.4) is 0 Å². The van der Waals surface area contributed by atoms with Crippen LogP contribution < -0.4 is 0 Å². The molecule has 3 heterocycles. The van der Waals surface area contributed by atoms with Crippen molar-refractivity contribution in [3.8, 4) is 0 Å². The Bertz CT molecular complexity index is 1460. The van der Waals surface area contributed by atoms with E-state index < -0.39 is 10.0 Å². The summed E-state index contributed by atoms with van der Waals surface area (Å²) in [6.07, 6.45) is 5.88. The summed E-state index contributed by atoms with van der Waals surface area (Å²) in [4.78, 5) is 16.3. The molecule has 1 aliphatic rings. The van der Waals surface area contributed by atoms with Crippen molar-refractivity contribution in [2.45, 2.75) is 56.1 Å². The summed E-state index contributed by atoms with van der Waals surface area (Å²) >= 11 is 1.41. The normalized spacial score (nSPS) is 21.2. The third-order valence-corrected chi connectivity index (χ3v) is 9.21. The highest BCUT2D eigenvalue weighted by molar-refractivity contribution is 8.14. The van der Waals surface area contributed by atoms with Crippen LogP contribution in [0.1, 0.15) is 50.4 Å². The predicted molar refractivity (Wildman–Crippen MR) is 128 cm³/mol. The van der Waals surface area contributed by atoms with Crippen molar-refractivity contribution in [1.82, 2.24) is 23.6 Å². The molecular formula is C23H25N5O3S2. The monoisotopic (exact) mass is 483 g/mol. The van der Waals surface area contributed by atoms with Crippen molar-refractivity contribution in [3.05, 3.63) is 54.1 Å². The van der Waals surface area contributed by atoms with E-state index in [1.165, 1.54) is 21.9 Å². The molecule has 172 valence electrons. The second kappa shape index (κ2) is 8.25. The topological polar surface area (TPSA) is 99.2 Å². The fourth-order valence-electron chi connectivity index (χ4n) is 4.88. The number of fused-ring (bicyclic) bond motifs is 3. The van der Waals surface area contributed by atoms with Gasteiger partial charge in [0.15, 0.2) is 16.4 Å². The maximum absolute atomic E-state index is 13.3. The molecule has 1 aromatic carbocycles. The standard InChI is InChI=1S/C23H25N5O3S2/c1-4-16-11-17(32-15(3)29)12-19(16)22-26-25-21-13-24-23-20(28(21)22)9-10-27(23)33(30,31)18-7-5-14(2)6-8-18/h5-10,13,16-17,19H,4,11-12H2,1-3H3. The van der Waals surface area contributed by atoms with E-state index in [1.807, 2.05) is 11.3 Å². The van der Waals surface area contributed by atoms with Gasteiger partial charge in [0.25, 0.3) is 10.0 Å². The van der Waals surface area contributed by atoms with Gasteiger partial charge < -0.3 is 0 Å². The molecule has 33 heavy (non-hydrogen) atoms. The van der Waals surface area contributed by atoms with E-state index in [1.54, 1.807) is 43.5 Å². The second-order valence-electron chi connectivity index (χ2n) is 8.63. The molecule has 1 aliphatic carbocycles. The lowest BCUT2D eigenvalue weighted by Gasteiger charge is -2.16. The molecule has 1 saturated carbocycles.